The second-order valence-electron chi connectivity index (χ2n) is 5.73. The van der Waals surface area contributed by atoms with Gasteiger partial charge in [0.1, 0.15) is 5.60 Å². The van der Waals surface area contributed by atoms with Crippen molar-refractivity contribution in [2.75, 3.05) is 26.0 Å². The van der Waals surface area contributed by atoms with Gasteiger partial charge >= 0.3 is 6.09 Å². The molecule has 2 aliphatic rings. The number of aliphatic hydroxyl groups is 2. The van der Waals surface area contributed by atoms with Gasteiger partial charge in [-0.25, -0.2) is 4.79 Å². The van der Waals surface area contributed by atoms with Gasteiger partial charge in [0.25, 0.3) is 0 Å². The second-order valence-corrected chi connectivity index (χ2v) is 5.73. The number of hydrogen-bond acceptors (Lipinski definition) is 5. The number of hydrogen-bond donors (Lipinski definition) is 3. The van der Waals surface area contributed by atoms with E-state index in [1.54, 1.807) is 20.8 Å². The van der Waals surface area contributed by atoms with Crippen LogP contribution in [0.3, 0.4) is 0 Å². The zero-order valence-corrected chi connectivity index (χ0v) is 12.6. The predicted octanol–water partition coefficient (Wildman–Crippen LogP) is 1.11. The molecule has 0 atom stereocenters. The third-order valence-electron chi connectivity index (χ3n) is 2.40. The molecule has 0 spiro atoms. The number of carbonyl (C=O) groups excluding carboxylic acids is 1. The van der Waals surface area contributed by atoms with Crippen LogP contribution < -0.4 is 5.32 Å². The molecule has 2 saturated heterocycles. The standard InChI is InChI=1S/C10H19NO3.C5H11NO/c1-10(2,3)14-9(13)11-6-4-8(12)5-7-11;7-5-1-3-6-4-2-5/h8,12H,4-7H2,1-3H3;5-7H,1-4H2/i6D2,7D2;3D2,4D2. The van der Waals surface area contributed by atoms with Crippen LogP contribution in [0.1, 0.15) is 57.4 Å². The van der Waals surface area contributed by atoms with Crippen LogP contribution in [0.15, 0.2) is 0 Å². The molecule has 0 aromatic rings. The molecule has 0 aromatic heterocycles. The number of aliphatic hydroxyl groups excluding tert-OH is 2. The molecule has 2 aliphatic heterocycles. The number of rotatable bonds is 0. The Bertz CT molecular complexity index is 563. The van der Waals surface area contributed by atoms with Gasteiger partial charge in [0.15, 0.2) is 0 Å². The summed E-state index contributed by atoms with van der Waals surface area (Å²) in [5.74, 6) is 0. The largest absolute Gasteiger partial charge is 0.444 e. The zero-order chi connectivity index (χ0) is 23.1. The van der Waals surface area contributed by atoms with E-state index in [-0.39, 0.29) is 25.7 Å². The minimum atomic E-state index is -2.27. The molecule has 0 radical (unpaired) electrons. The van der Waals surface area contributed by atoms with Crippen molar-refractivity contribution < 1.29 is 30.7 Å². The SMILES string of the molecule is [2H]C1([2H])CC(O)CC([2H])([2H])N1.[2H]C1([2H])CC(O)CC([2H])([2H])N1C(=O)OC(C)(C)C. The van der Waals surface area contributed by atoms with Crippen LogP contribution in [0.5, 0.6) is 0 Å². The summed E-state index contributed by atoms with van der Waals surface area (Å²) in [5, 5.41) is 20.7. The summed E-state index contributed by atoms with van der Waals surface area (Å²) < 4.78 is 64.5. The van der Waals surface area contributed by atoms with Gasteiger partial charge in [0.05, 0.1) is 12.2 Å². The summed E-state index contributed by atoms with van der Waals surface area (Å²) in [6.45, 7) is -3.27. The van der Waals surface area contributed by atoms with Crippen LogP contribution in [0, 0.1) is 0 Å². The molecule has 2 rings (SSSR count). The molecule has 0 aliphatic carbocycles. The average molecular weight is 310 g/mol. The van der Waals surface area contributed by atoms with E-state index in [4.69, 9.17) is 20.8 Å². The lowest BCUT2D eigenvalue weighted by molar-refractivity contribution is 0.0101. The number of ether oxygens (including phenoxy) is 1. The molecule has 1 amide bonds. The summed E-state index contributed by atoms with van der Waals surface area (Å²) in [4.78, 5) is 12.3. The van der Waals surface area contributed by atoms with Crippen LogP contribution >= 0.6 is 0 Å². The Morgan fingerprint density at radius 2 is 1.62 bits per heavy atom. The van der Waals surface area contributed by atoms with Crippen molar-refractivity contribution in [2.24, 2.45) is 0 Å². The molecule has 2 heterocycles. The fourth-order valence-corrected chi connectivity index (χ4v) is 1.43. The maximum absolute atomic E-state index is 11.9. The fraction of sp³-hybridized carbons (Fsp3) is 0.933. The van der Waals surface area contributed by atoms with Gasteiger partial charge in [-0.3, -0.25) is 0 Å². The Kier molecular flexibility index (Phi) is 3.80. The molecule has 124 valence electrons. The number of carbonyl (C=O) groups is 1. The average Bonchev–Trinajstić information content (AvgIpc) is 2.26. The van der Waals surface area contributed by atoms with Crippen molar-refractivity contribution in [1.82, 2.24) is 10.2 Å². The Hall–Kier alpha value is -0.850. The fourth-order valence-electron chi connectivity index (χ4n) is 1.43. The molecule has 6 nitrogen and oxygen atoms in total. The molecule has 2 fully saturated rings. The van der Waals surface area contributed by atoms with Crippen LogP contribution in [0.2, 0.25) is 0 Å². The molecule has 0 aromatic carbocycles. The summed E-state index contributed by atoms with van der Waals surface area (Å²) in [6, 6.07) is 0. The third kappa shape index (κ3) is 8.24. The Labute approximate surface area is 138 Å². The molecule has 0 bridgehead atoms. The monoisotopic (exact) mass is 310 g/mol. The summed E-state index contributed by atoms with van der Waals surface area (Å²) in [7, 11) is 0. The van der Waals surface area contributed by atoms with Gasteiger partial charge in [-0.15, -0.1) is 0 Å². The quantitative estimate of drug-likeness (QED) is 0.624. The third-order valence-corrected chi connectivity index (χ3v) is 2.40. The van der Waals surface area contributed by atoms with Crippen LogP contribution in [-0.4, -0.2) is 65.0 Å². The Balaban J connectivity index is 0.000000326. The minimum absolute atomic E-state index is 0.0491. The lowest BCUT2D eigenvalue weighted by Gasteiger charge is -2.31. The van der Waals surface area contributed by atoms with Gasteiger partial charge in [0, 0.05) is 24.0 Å². The number of piperidine rings is 2. The van der Waals surface area contributed by atoms with E-state index >= 15 is 0 Å². The van der Waals surface area contributed by atoms with E-state index in [2.05, 4.69) is 5.32 Å². The molecule has 0 saturated carbocycles. The highest BCUT2D eigenvalue weighted by molar-refractivity contribution is 5.68. The van der Waals surface area contributed by atoms with Gasteiger partial charge in [-0.2, -0.15) is 0 Å². The highest BCUT2D eigenvalue weighted by atomic mass is 16.6. The zero-order valence-electron chi connectivity index (χ0n) is 20.6. The Morgan fingerprint density at radius 1 is 1.14 bits per heavy atom. The highest BCUT2D eigenvalue weighted by Crippen LogP contribution is 2.14. The maximum Gasteiger partial charge on any atom is 0.410 e. The van der Waals surface area contributed by atoms with E-state index in [0.29, 0.717) is 4.90 Å². The summed E-state index contributed by atoms with van der Waals surface area (Å²) in [5.41, 5.74) is -0.834. The molecule has 3 N–H and O–H groups in total. The highest BCUT2D eigenvalue weighted by Gasteiger charge is 2.25. The van der Waals surface area contributed by atoms with Crippen LogP contribution in [0.4, 0.5) is 4.79 Å². The topological polar surface area (TPSA) is 82.0 Å². The smallest absolute Gasteiger partial charge is 0.410 e. The molecule has 21 heavy (non-hydrogen) atoms. The van der Waals surface area contributed by atoms with E-state index in [1.165, 1.54) is 0 Å². The van der Waals surface area contributed by atoms with Crippen molar-refractivity contribution in [3.05, 3.63) is 0 Å². The number of amides is 1. The van der Waals surface area contributed by atoms with Gasteiger partial charge in [0.2, 0.25) is 0 Å². The summed E-state index contributed by atoms with van der Waals surface area (Å²) >= 11 is 0. The van der Waals surface area contributed by atoms with Crippen LogP contribution in [-0.2, 0) is 4.74 Å². The van der Waals surface area contributed by atoms with Gasteiger partial charge in [-0.05, 0) is 59.4 Å². The first-order valence-electron chi connectivity index (χ1n) is 10.8. The second kappa shape index (κ2) is 8.56. The van der Waals surface area contributed by atoms with Crippen molar-refractivity contribution >= 4 is 6.09 Å². The van der Waals surface area contributed by atoms with Crippen molar-refractivity contribution in [3.8, 4) is 0 Å². The maximum atomic E-state index is 11.9. The molecular weight excluding hydrogens is 272 g/mol. The van der Waals surface area contributed by atoms with Gasteiger partial charge < -0.3 is 25.2 Å². The number of nitrogens with one attached hydrogen (secondary N) is 1. The van der Waals surface area contributed by atoms with E-state index in [9.17, 15) is 9.90 Å². The normalized spacial score (nSPS) is 36.7. The van der Waals surface area contributed by atoms with Crippen molar-refractivity contribution in [1.29, 1.82) is 0 Å². The van der Waals surface area contributed by atoms with Gasteiger partial charge in [-0.1, -0.05) is 0 Å². The number of nitrogens with zero attached hydrogens (tertiary/aromatic N) is 1. The lowest BCUT2D eigenvalue weighted by Crippen LogP contribution is -2.42. The minimum Gasteiger partial charge on any atom is -0.444 e. The summed E-state index contributed by atoms with van der Waals surface area (Å²) in [6.07, 6.45) is -3.81. The van der Waals surface area contributed by atoms with Crippen molar-refractivity contribution in [2.45, 2.75) is 64.3 Å². The van der Waals surface area contributed by atoms with E-state index in [1.807, 2.05) is 0 Å². The van der Waals surface area contributed by atoms with E-state index < -0.39 is 49.9 Å². The Morgan fingerprint density at radius 3 is 2.05 bits per heavy atom. The number of likely N-dealkylation sites (tertiary alicyclic amines) is 1. The molecular formula is C15H30N2O4. The molecule has 0 unspecified atom stereocenters. The van der Waals surface area contributed by atoms with E-state index in [0.717, 1.165) is 0 Å². The first-order valence-corrected chi connectivity index (χ1v) is 6.85. The first kappa shape index (κ1) is 9.33. The molecule has 6 heteroatoms. The van der Waals surface area contributed by atoms with Crippen LogP contribution in [0.25, 0.3) is 0 Å². The van der Waals surface area contributed by atoms with Crippen molar-refractivity contribution in [3.63, 3.8) is 0 Å². The predicted molar refractivity (Wildman–Crippen MR) is 81.2 cm³/mol. The first-order chi connectivity index (χ1) is 12.7. The lowest BCUT2D eigenvalue weighted by atomic mass is 10.1.